The lowest BCUT2D eigenvalue weighted by Crippen LogP contribution is -2.55. The van der Waals surface area contributed by atoms with Gasteiger partial charge >= 0.3 is 8.03 Å². The van der Waals surface area contributed by atoms with E-state index in [9.17, 15) is 0 Å². The first-order valence-corrected chi connectivity index (χ1v) is 13.2. The van der Waals surface area contributed by atoms with Crippen molar-refractivity contribution in [2.75, 3.05) is 0 Å². The molecule has 0 radical (unpaired) electrons. The van der Waals surface area contributed by atoms with E-state index in [1.165, 1.54) is 16.7 Å². The summed E-state index contributed by atoms with van der Waals surface area (Å²) in [6, 6.07) is 15.1. The summed E-state index contributed by atoms with van der Waals surface area (Å²) in [5, 5.41) is 0. The van der Waals surface area contributed by atoms with Crippen molar-refractivity contribution in [2.45, 2.75) is 78.0 Å². The van der Waals surface area contributed by atoms with Crippen molar-refractivity contribution >= 4 is 19.1 Å². The Labute approximate surface area is 181 Å². The lowest BCUT2D eigenvalue weighted by molar-refractivity contribution is 0.189. The fourth-order valence-electron chi connectivity index (χ4n) is 4.27. The van der Waals surface area contributed by atoms with Gasteiger partial charge in [0.25, 0.3) is 0 Å². The van der Waals surface area contributed by atoms with Gasteiger partial charge in [-0.15, -0.1) is 0 Å². The van der Waals surface area contributed by atoms with Gasteiger partial charge < -0.3 is 8.85 Å². The summed E-state index contributed by atoms with van der Waals surface area (Å²) in [6.45, 7) is 16.5. The molecule has 0 saturated carbocycles. The minimum atomic E-state index is -3.03. The number of hydrogen-bond donors (Lipinski definition) is 0. The van der Waals surface area contributed by atoms with Gasteiger partial charge in [-0.1, -0.05) is 95.1 Å². The first kappa shape index (κ1) is 20.9. The minimum absolute atomic E-state index is 0.0434. The molecule has 1 saturated heterocycles. The zero-order chi connectivity index (χ0) is 21.2. The van der Waals surface area contributed by atoms with Crippen LogP contribution in [0.15, 0.2) is 42.5 Å². The topological polar surface area (TPSA) is 21.7 Å². The van der Waals surface area contributed by atoms with Crippen LogP contribution in [-0.2, 0) is 21.8 Å². The molecule has 3 atom stereocenters. The van der Waals surface area contributed by atoms with Gasteiger partial charge in [-0.2, -0.15) is 0 Å². The number of benzene rings is 2. The van der Waals surface area contributed by atoms with Crippen LogP contribution in [0, 0.1) is 0 Å². The molecule has 0 aromatic heterocycles. The fourth-order valence-corrected chi connectivity index (χ4v) is 7.85. The molecule has 5 heteroatoms. The Bertz CT molecular complexity index is 919. The molecule has 1 unspecified atom stereocenters. The van der Waals surface area contributed by atoms with Crippen LogP contribution in [0.1, 0.15) is 76.8 Å². The molecule has 156 valence electrons. The molecule has 3 nitrogen and oxygen atoms in total. The van der Waals surface area contributed by atoms with E-state index >= 15 is 0 Å². The Balaban J connectivity index is 1.79. The lowest BCUT2D eigenvalue weighted by atomic mass is 9.79. The lowest BCUT2D eigenvalue weighted by Gasteiger charge is -2.39. The third kappa shape index (κ3) is 3.65. The Morgan fingerprint density at radius 2 is 1.66 bits per heavy atom. The standard InChI is InChI=1S/C24H32ClNO2Si/c1-16-21(17-11-9-8-10-12-17)27-29(25)26(16)15-18-13-19(23(2,3)4)14-20(22(18)28-29)24(5,6)7/h8-14,16,21H,15H2,1-7H3/t16-,21-,29?/m0/s1. The zero-order valence-corrected chi connectivity index (χ0v) is 20.3. The van der Waals surface area contributed by atoms with E-state index in [4.69, 9.17) is 19.9 Å². The second-order valence-corrected chi connectivity index (χ2v) is 13.9. The Morgan fingerprint density at radius 3 is 2.24 bits per heavy atom. The van der Waals surface area contributed by atoms with Crippen molar-refractivity contribution in [3.8, 4) is 5.75 Å². The number of rotatable bonds is 1. The van der Waals surface area contributed by atoms with E-state index in [1.54, 1.807) is 0 Å². The molecular formula is C24H32ClNO2Si. The third-order valence-electron chi connectivity index (χ3n) is 6.08. The molecular weight excluding hydrogens is 398 g/mol. The summed E-state index contributed by atoms with van der Waals surface area (Å²) in [4.78, 5) is 0. The molecule has 0 aliphatic carbocycles. The monoisotopic (exact) mass is 429 g/mol. The van der Waals surface area contributed by atoms with E-state index in [1.807, 2.05) is 18.2 Å². The summed E-state index contributed by atoms with van der Waals surface area (Å²) in [5.74, 6) is 0.935. The van der Waals surface area contributed by atoms with E-state index in [0.717, 1.165) is 17.9 Å². The highest BCUT2D eigenvalue weighted by Crippen LogP contribution is 2.49. The number of fused-ring (bicyclic) bond motifs is 2. The van der Waals surface area contributed by atoms with Gasteiger partial charge in [0.15, 0.2) is 0 Å². The molecule has 2 aliphatic heterocycles. The normalized spacial score (nSPS) is 27.3. The first-order chi connectivity index (χ1) is 13.4. The fraction of sp³-hybridized carbons (Fsp3) is 0.500. The molecule has 2 aromatic rings. The van der Waals surface area contributed by atoms with Gasteiger partial charge in [0.2, 0.25) is 0 Å². The van der Waals surface area contributed by atoms with Crippen LogP contribution in [0.25, 0.3) is 0 Å². The number of hydrogen-bond acceptors (Lipinski definition) is 3. The highest BCUT2D eigenvalue weighted by molar-refractivity contribution is 7.12. The van der Waals surface area contributed by atoms with Crippen LogP contribution in [0.3, 0.4) is 0 Å². The highest BCUT2D eigenvalue weighted by atomic mass is 35.6. The van der Waals surface area contributed by atoms with Gasteiger partial charge in [-0.25, -0.2) is 4.57 Å². The van der Waals surface area contributed by atoms with Crippen LogP contribution in [-0.4, -0.2) is 18.6 Å². The average molecular weight is 430 g/mol. The molecule has 4 rings (SSSR count). The number of nitrogens with zero attached hydrogens (tertiary/aromatic N) is 1. The molecule has 0 amide bonds. The van der Waals surface area contributed by atoms with Crippen molar-refractivity contribution in [1.82, 2.24) is 4.57 Å². The van der Waals surface area contributed by atoms with Crippen molar-refractivity contribution in [2.24, 2.45) is 0 Å². The molecule has 2 aliphatic rings. The highest BCUT2D eigenvalue weighted by Gasteiger charge is 2.61. The largest absolute Gasteiger partial charge is 0.603 e. The van der Waals surface area contributed by atoms with Gasteiger partial charge in [-0.05, 0) is 34.4 Å². The van der Waals surface area contributed by atoms with Crippen molar-refractivity contribution < 1.29 is 8.85 Å². The summed E-state index contributed by atoms with van der Waals surface area (Å²) in [7, 11) is -3.03. The smallest absolute Gasteiger partial charge is 0.498 e. The van der Waals surface area contributed by atoms with Crippen LogP contribution >= 0.6 is 11.1 Å². The first-order valence-electron chi connectivity index (χ1n) is 10.5. The Kier molecular flexibility index (Phi) is 4.94. The summed E-state index contributed by atoms with van der Waals surface area (Å²) in [5.41, 5.74) is 4.95. The average Bonchev–Trinajstić information content (AvgIpc) is 2.88. The van der Waals surface area contributed by atoms with E-state index in [-0.39, 0.29) is 23.0 Å². The number of halogens is 1. The van der Waals surface area contributed by atoms with Crippen molar-refractivity contribution in [1.29, 1.82) is 0 Å². The molecule has 29 heavy (non-hydrogen) atoms. The van der Waals surface area contributed by atoms with Gasteiger partial charge in [0.1, 0.15) is 5.75 Å². The van der Waals surface area contributed by atoms with Gasteiger partial charge in [0, 0.05) is 18.2 Å². The van der Waals surface area contributed by atoms with E-state index in [0.29, 0.717) is 0 Å². The Hall–Kier alpha value is -1.33. The summed E-state index contributed by atoms with van der Waals surface area (Å²) >= 11 is 7.11. The maximum Gasteiger partial charge on any atom is 0.603 e. The SMILES string of the molecule is C[C@H]1[C@@H](c2ccccc2)O[Si]2(Cl)Oc3c(cc(C(C)(C)C)cc3C(C)(C)C)CN12. The van der Waals surface area contributed by atoms with Crippen LogP contribution < -0.4 is 4.43 Å². The molecule has 0 bridgehead atoms. The van der Waals surface area contributed by atoms with Crippen LogP contribution in [0.2, 0.25) is 0 Å². The van der Waals surface area contributed by atoms with Crippen LogP contribution in [0.5, 0.6) is 5.75 Å². The molecule has 2 aromatic carbocycles. The van der Waals surface area contributed by atoms with E-state index < -0.39 is 8.03 Å². The molecule has 0 N–H and O–H groups in total. The predicted molar refractivity (Wildman–Crippen MR) is 121 cm³/mol. The second kappa shape index (κ2) is 6.84. The van der Waals surface area contributed by atoms with Gasteiger partial charge in [0.05, 0.1) is 6.10 Å². The van der Waals surface area contributed by atoms with Gasteiger partial charge in [-0.3, -0.25) is 0 Å². The predicted octanol–water partition coefficient (Wildman–Crippen LogP) is 6.31. The quantitative estimate of drug-likeness (QED) is 0.391. The van der Waals surface area contributed by atoms with E-state index in [2.05, 4.69) is 77.3 Å². The van der Waals surface area contributed by atoms with Crippen molar-refractivity contribution in [3.05, 3.63) is 64.7 Å². The third-order valence-corrected chi connectivity index (χ3v) is 9.48. The maximum absolute atomic E-state index is 7.11. The summed E-state index contributed by atoms with van der Waals surface area (Å²) < 4.78 is 15.4. The Morgan fingerprint density at radius 1 is 1.00 bits per heavy atom. The maximum atomic E-state index is 7.11. The van der Waals surface area contributed by atoms with Crippen molar-refractivity contribution in [3.63, 3.8) is 0 Å². The summed E-state index contributed by atoms with van der Waals surface area (Å²) in [6.07, 6.45) is -0.0742. The zero-order valence-electron chi connectivity index (χ0n) is 18.5. The molecule has 2 heterocycles. The minimum Gasteiger partial charge on any atom is -0.498 e. The second-order valence-electron chi connectivity index (χ2n) is 10.4. The molecule has 0 spiro atoms. The van der Waals surface area contributed by atoms with Crippen LogP contribution in [0.4, 0.5) is 0 Å². The molecule has 1 fully saturated rings.